The van der Waals surface area contributed by atoms with Gasteiger partial charge >= 0.3 is 0 Å². The van der Waals surface area contributed by atoms with Crippen LogP contribution in [0.25, 0.3) is 0 Å². The third-order valence-corrected chi connectivity index (χ3v) is 8.55. The lowest BCUT2D eigenvalue weighted by atomic mass is 9.96. The number of carbonyl (C=O) groups excluding carboxylic acids is 2. The van der Waals surface area contributed by atoms with Gasteiger partial charge in [-0.3, -0.25) is 9.59 Å². The Morgan fingerprint density at radius 1 is 0.973 bits per heavy atom. The quantitative estimate of drug-likeness (QED) is 0.579. The Hall–Kier alpha value is -2.03. The van der Waals surface area contributed by atoms with Crippen molar-refractivity contribution in [2.75, 3.05) is 33.7 Å². The standard InChI is InChI=1S/C16H26N2O.C13H21N3OS/c1-12-6-8-18(15(19)14(9-12)17-4)11-13-5-7-16(2,3)10-13;1-9-4-5-16(13(17)12(6-9)14-3)8-11-7-15-10(2)18-11/h5,7,10,12,14,17H,6,8-9,11H2,1-4H3;7,9,12,14H,4-6,8H2,1-3H3. The molecule has 2 saturated heterocycles. The molecule has 0 bridgehead atoms. The van der Waals surface area contributed by atoms with Crippen molar-refractivity contribution in [2.45, 2.75) is 78.9 Å². The summed E-state index contributed by atoms with van der Waals surface area (Å²) in [5, 5.41) is 7.37. The monoisotopic (exact) mass is 529 g/mol. The lowest BCUT2D eigenvalue weighted by molar-refractivity contribution is -0.133. The predicted octanol–water partition coefficient (Wildman–Crippen LogP) is 4.15. The smallest absolute Gasteiger partial charge is 0.240 e. The fourth-order valence-corrected chi connectivity index (χ4v) is 6.14. The molecule has 1 aromatic rings. The highest BCUT2D eigenvalue weighted by Gasteiger charge is 2.30. The molecular weight excluding hydrogens is 482 g/mol. The Morgan fingerprint density at radius 3 is 1.95 bits per heavy atom. The number of nitrogens with zero attached hydrogens (tertiary/aromatic N) is 3. The average Bonchev–Trinajstić information content (AvgIpc) is 3.35. The van der Waals surface area contributed by atoms with Crippen molar-refractivity contribution < 1.29 is 9.59 Å². The van der Waals surface area contributed by atoms with Crippen LogP contribution in [0, 0.1) is 24.2 Å². The number of hydrogen-bond acceptors (Lipinski definition) is 6. The van der Waals surface area contributed by atoms with Gasteiger partial charge < -0.3 is 20.4 Å². The first-order valence-corrected chi connectivity index (χ1v) is 14.6. The van der Waals surface area contributed by atoms with Gasteiger partial charge in [-0.1, -0.05) is 45.9 Å². The van der Waals surface area contributed by atoms with E-state index in [0.717, 1.165) is 50.3 Å². The molecule has 1 aliphatic carbocycles. The number of aromatic nitrogens is 1. The zero-order chi connectivity index (χ0) is 27.2. The van der Waals surface area contributed by atoms with Gasteiger partial charge in [-0.15, -0.1) is 11.3 Å². The van der Waals surface area contributed by atoms with E-state index in [4.69, 9.17) is 0 Å². The van der Waals surface area contributed by atoms with Crippen LogP contribution in [-0.2, 0) is 16.1 Å². The summed E-state index contributed by atoms with van der Waals surface area (Å²) >= 11 is 1.67. The van der Waals surface area contributed by atoms with Gasteiger partial charge in [0.15, 0.2) is 0 Å². The number of allylic oxidation sites excluding steroid dienone is 2. The minimum Gasteiger partial charge on any atom is -0.337 e. The van der Waals surface area contributed by atoms with Crippen LogP contribution in [0.5, 0.6) is 0 Å². The van der Waals surface area contributed by atoms with Crippen molar-refractivity contribution in [3.05, 3.63) is 39.9 Å². The van der Waals surface area contributed by atoms with Crippen LogP contribution in [0.15, 0.2) is 30.0 Å². The SMILES string of the molecule is CNC1CC(C)CCN(CC2=CC(C)(C)C=C2)C1=O.CNC1CC(C)CCN(Cc2cnc(C)s2)C1=O. The number of likely N-dealkylation sites (tertiary alicyclic amines) is 2. The summed E-state index contributed by atoms with van der Waals surface area (Å²) in [5.74, 6) is 1.69. The number of amides is 2. The molecule has 37 heavy (non-hydrogen) atoms. The second-order valence-corrected chi connectivity index (χ2v) is 13.0. The lowest BCUT2D eigenvalue weighted by Crippen LogP contribution is -2.44. The van der Waals surface area contributed by atoms with Crippen LogP contribution >= 0.6 is 11.3 Å². The number of carbonyl (C=O) groups is 2. The number of aryl methyl sites for hydroxylation is 1. The molecule has 7 nitrogen and oxygen atoms in total. The first-order chi connectivity index (χ1) is 17.5. The van der Waals surface area contributed by atoms with Gasteiger partial charge in [-0.2, -0.15) is 0 Å². The largest absolute Gasteiger partial charge is 0.337 e. The minimum absolute atomic E-state index is 0.0171. The maximum atomic E-state index is 12.5. The Morgan fingerprint density at radius 2 is 1.51 bits per heavy atom. The molecule has 3 aliphatic rings. The summed E-state index contributed by atoms with van der Waals surface area (Å²) < 4.78 is 0. The molecule has 0 spiro atoms. The fraction of sp³-hybridized carbons (Fsp3) is 0.690. The molecule has 2 N–H and O–H groups in total. The van der Waals surface area contributed by atoms with E-state index in [2.05, 4.69) is 61.5 Å². The summed E-state index contributed by atoms with van der Waals surface area (Å²) in [6.07, 6.45) is 12.6. The van der Waals surface area contributed by atoms with Crippen molar-refractivity contribution in [1.29, 1.82) is 0 Å². The van der Waals surface area contributed by atoms with Gasteiger partial charge in [0.2, 0.25) is 11.8 Å². The molecule has 0 radical (unpaired) electrons. The predicted molar refractivity (Wildman–Crippen MR) is 152 cm³/mol. The average molecular weight is 530 g/mol. The molecular formula is C29H47N5O2S. The molecule has 0 aromatic carbocycles. The maximum absolute atomic E-state index is 12.5. The number of likely N-dealkylation sites (N-methyl/N-ethyl adjacent to an activating group) is 2. The Labute approximate surface area is 227 Å². The van der Waals surface area contributed by atoms with Gasteiger partial charge in [0.25, 0.3) is 0 Å². The summed E-state index contributed by atoms with van der Waals surface area (Å²) in [7, 11) is 3.76. The van der Waals surface area contributed by atoms with Gasteiger partial charge in [0.1, 0.15) is 0 Å². The molecule has 4 rings (SSSR count). The van der Waals surface area contributed by atoms with E-state index in [0.29, 0.717) is 18.4 Å². The number of rotatable bonds is 6. The third-order valence-electron chi connectivity index (χ3n) is 7.65. The summed E-state index contributed by atoms with van der Waals surface area (Å²) in [5.41, 5.74) is 1.41. The van der Waals surface area contributed by atoms with Gasteiger partial charge in [0, 0.05) is 36.1 Å². The van der Waals surface area contributed by atoms with Gasteiger partial charge in [-0.05, 0) is 64.1 Å². The normalized spacial score (nSPS) is 27.9. The van der Waals surface area contributed by atoms with E-state index in [-0.39, 0.29) is 29.3 Å². The molecule has 0 saturated carbocycles. The van der Waals surface area contributed by atoms with E-state index in [9.17, 15) is 9.59 Å². The molecule has 4 unspecified atom stereocenters. The van der Waals surface area contributed by atoms with Crippen LogP contribution in [0.2, 0.25) is 0 Å². The van der Waals surface area contributed by atoms with E-state index in [1.54, 1.807) is 11.3 Å². The molecule has 8 heteroatoms. The molecule has 1 aromatic heterocycles. The number of nitrogens with one attached hydrogen (secondary N) is 2. The highest BCUT2D eigenvalue weighted by atomic mass is 32.1. The zero-order valence-corrected chi connectivity index (χ0v) is 24.7. The molecule has 206 valence electrons. The zero-order valence-electron chi connectivity index (χ0n) is 23.8. The van der Waals surface area contributed by atoms with Crippen LogP contribution in [0.3, 0.4) is 0 Å². The fourth-order valence-electron chi connectivity index (χ4n) is 5.33. The Bertz CT molecular complexity index is 985. The first-order valence-electron chi connectivity index (χ1n) is 13.8. The third kappa shape index (κ3) is 8.48. The van der Waals surface area contributed by atoms with E-state index >= 15 is 0 Å². The second-order valence-electron chi connectivity index (χ2n) is 11.7. The van der Waals surface area contributed by atoms with Crippen molar-refractivity contribution >= 4 is 23.2 Å². The number of hydrogen-bond donors (Lipinski definition) is 2. The molecule has 2 fully saturated rings. The summed E-state index contributed by atoms with van der Waals surface area (Å²) in [6.45, 7) is 14.0. The van der Waals surface area contributed by atoms with Crippen LogP contribution in [-0.4, -0.2) is 72.4 Å². The first kappa shape index (κ1) is 29.5. The lowest BCUT2D eigenvalue weighted by Gasteiger charge is -2.24. The second kappa shape index (κ2) is 13.2. The van der Waals surface area contributed by atoms with Crippen LogP contribution in [0.1, 0.15) is 63.3 Å². The van der Waals surface area contributed by atoms with E-state index in [1.165, 1.54) is 10.5 Å². The highest BCUT2D eigenvalue weighted by Crippen LogP contribution is 2.29. The Balaban J connectivity index is 0.000000206. The van der Waals surface area contributed by atoms with E-state index < -0.39 is 0 Å². The highest BCUT2D eigenvalue weighted by molar-refractivity contribution is 7.11. The van der Waals surface area contributed by atoms with E-state index in [1.807, 2.05) is 37.0 Å². The summed E-state index contributed by atoms with van der Waals surface area (Å²) in [6, 6.07) is -0.0481. The Kier molecular flexibility index (Phi) is 10.5. The van der Waals surface area contributed by atoms with Crippen molar-refractivity contribution in [3.8, 4) is 0 Å². The van der Waals surface area contributed by atoms with Crippen molar-refractivity contribution in [2.24, 2.45) is 17.3 Å². The van der Waals surface area contributed by atoms with Crippen LogP contribution in [0.4, 0.5) is 0 Å². The minimum atomic E-state index is -0.0310. The summed E-state index contributed by atoms with van der Waals surface area (Å²) in [4.78, 5) is 34.3. The van der Waals surface area contributed by atoms with Crippen molar-refractivity contribution in [1.82, 2.24) is 25.4 Å². The number of thiazole rings is 1. The molecule has 3 heterocycles. The van der Waals surface area contributed by atoms with Crippen molar-refractivity contribution in [3.63, 3.8) is 0 Å². The molecule has 2 amide bonds. The topological polar surface area (TPSA) is 77.6 Å². The molecule has 2 aliphatic heterocycles. The molecule has 4 atom stereocenters. The maximum Gasteiger partial charge on any atom is 0.240 e. The van der Waals surface area contributed by atoms with Gasteiger partial charge in [0.05, 0.1) is 23.6 Å². The van der Waals surface area contributed by atoms with Crippen LogP contribution < -0.4 is 10.6 Å². The van der Waals surface area contributed by atoms with Gasteiger partial charge in [-0.25, -0.2) is 4.98 Å².